The standard InChI is InChI=1S/C36H44N2/c1-21(2)26-15-11-16-27(22(3)4)33(26)37-35-30-19-9-13-25-14-10-20-31(32(25)30)36(35)38-34-28(23(5)6)17-12-18-29(34)24(7)8/h9-13,15-24,31,37-38H,14H2,1-8H3. The van der Waals surface area contributed by atoms with Gasteiger partial charge in [0.15, 0.2) is 0 Å². The fourth-order valence-electron chi connectivity index (χ4n) is 6.27. The Morgan fingerprint density at radius 2 is 1.08 bits per heavy atom. The summed E-state index contributed by atoms with van der Waals surface area (Å²) in [6.45, 7) is 18.4. The molecule has 2 N–H and O–H groups in total. The lowest BCUT2D eigenvalue weighted by molar-refractivity contribution is 0.833. The van der Waals surface area contributed by atoms with E-state index < -0.39 is 0 Å². The molecule has 38 heavy (non-hydrogen) atoms. The van der Waals surface area contributed by atoms with Gasteiger partial charge in [0.05, 0.1) is 11.4 Å². The first kappa shape index (κ1) is 26.4. The third-order valence-electron chi connectivity index (χ3n) is 8.28. The second kappa shape index (κ2) is 10.5. The van der Waals surface area contributed by atoms with Crippen LogP contribution in [-0.4, -0.2) is 0 Å². The van der Waals surface area contributed by atoms with Crippen LogP contribution in [0.2, 0.25) is 0 Å². The maximum atomic E-state index is 4.08. The van der Waals surface area contributed by atoms with Gasteiger partial charge in [0, 0.05) is 22.9 Å². The van der Waals surface area contributed by atoms with Crippen molar-refractivity contribution in [2.75, 3.05) is 10.6 Å². The SMILES string of the molecule is CC(C)c1cccc(C(C)C)c1NC1=C(Nc2c(C(C)C)cccc2C(C)C)C2C=CCc3cccc1c32. The van der Waals surface area contributed by atoms with Crippen LogP contribution >= 0.6 is 0 Å². The Morgan fingerprint density at radius 3 is 1.58 bits per heavy atom. The fourth-order valence-corrected chi connectivity index (χ4v) is 6.27. The topological polar surface area (TPSA) is 24.1 Å². The van der Waals surface area contributed by atoms with E-state index in [0.717, 1.165) is 6.42 Å². The molecule has 0 spiro atoms. The highest BCUT2D eigenvalue weighted by molar-refractivity contribution is 5.91. The molecule has 3 aromatic carbocycles. The maximum absolute atomic E-state index is 4.08. The number of para-hydroxylation sites is 2. The molecule has 0 aliphatic heterocycles. The van der Waals surface area contributed by atoms with E-state index in [1.54, 1.807) is 0 Å². The predicted octanol–water partition coefficient (Wildman–Crippen LogP) is 10.3. The predicted molar refractivity (Wildman–Crippen MR) is 165 cm³/mol. The zero-order valence-corrected chi connectivity index (χ0v) is 24.4. The van der Waals surface area contributed by atoms with Crippen molar-refractivity contribution >= 4 is 17.1 Å². The smallest absolute Gasteiger partial charge is 0.0667 e. The molecule has 1 unspecified atom stereocenters. The summed E-state index contributed by atoms with van der Waals surface area (Å²) in [5, 5.41) is 8.15. The van der Waals surface area contributed by atoms with Crippen LogP contribution in [-0.2, 0) is 6.42 Å². The molecule has 2 aliphatic rings. The average molecular weight is 505 g/mol. The Hall–Kier alpha value is -3.26. The Morgan fingerprint density at radius 1 is 0.605 bits per heavy atom. The lowest BCUT2D eigenvalue weighted by Gasteiger charge is -2.26. The average Bonchev–Trinajstić information content (AvgIpc) is 3.17. The molecule has 0 bridgehead atoms. The molecular formula is C36H44N2. The van der Waals surface area contributed by atoms with Crippen LogP contribution in [0.3, 0.4) is 0 Å². The summed E-state index contributed by atoms with van der Waals surface area (Å²) in [5.74, 6) is 1.96. The Balaban J connectivity index is 1.74. The van der Waals surface area contributed by atoms with Gasteiger partial charge >= 0.3 is 0 Å². The molecule has 0 heterocycles. The van der Waals surface area contributed by atoms with Gasteiger partial charge in [-0.3, -0.25) is 0 Å². The quantitative estimate of drug-likeness (QED) is 0.298. The van der Waals surface area contributed by atoms with Crippen molar-refractivity contribution in [1.82, 2.24) is 0 Å². The molecule has 3 aromatic rings. The van der Waals surface area contributed by atoms with Crippen LogP contribution in [0.4, 0.5) is 11.4 Å². The lowest BCUT2D eigenvalue weighted by Crippen LogP contribution is -2.15. The van der Waals surface area contributed by atoms with Crippen molar-refractivity contribution in [2.24, 2.45) is 0 Å². The van der Waals surface area contributed by atoms with Crippen LogP contribution in [0.5, 0.6) is 0 Å². The molecular weight excluding hydrogens is 460 g/mol. The summed E-state index contributed by atoms with van der Waals surface area (Å²) in [6, 6.07) is 20.5. The first-order valence-electron chi connectivity index (χ1n) is 14.5. The van der Waals surface area contributed by atoms with Crippen molar-refractivity contribution in [3.63, 3.8) is 0 Å². The fraction of sp³-hybridized carbons (Fsp3) is 0.389. The first-order chi connectivity index (χ1) is 18.2. The van der Waals surface area contributed by atoms with E-state index in [-0.39, 0.29) is 5.92 Å². The van der Waals surface area contributed by atoms with E-state index in [1.165, 1.54) is 61.7 Å². The molecule has 1 atom stereocenters. The van der Waals surface area contributed by atoms with Gasteiger partial charge in [-0.25, -0.2) is 0 Å². The van der Waals surface area contributed by atoms with Crippen LogP contribution < -0.4 is 10.6 Å². The van der Waals surface area contributed by atoms with E-state index in [4.69, 9.17) is 0 Å². The number of hydrogen-bond acceptors (Lipinski definition) is 2. The number of anilines is 2. The van der Waals surface area contributed by atoms with Gasteiger partial charge in [-0.05, 0) is 63.5 Å². The molecule has 5 rings (SSSR count). The van der Waals surface area contributed by atoms with E-state index in [2.05, 4.69) is 133 Å². The molecule has 0 fully saturated rings. The van der Waals surface area contributed by atoms with Gasteiger partial charge in [0.1, 0.15) is 0 Å². The van der Waals surface area contributed by atoms with Crippen molar-refractivity contribution in [2.45, 2.75) is 91.4 Å². The minimum atomic E-state index is 0.228. The number of allylic oxidation sites excluding steroid dienone is 2. The highest BCUT2D eigenvalue weighted by Crippen LogP contribution is 2.49. The summed E-state index contributed by atoms with van der Waals surface area (Å²) in [4.78, 5) is 0. The second-order valence-electron chi connectivity index (χ2n) is 12.3. The maximum Gasteiger partial charge on any atom is 0.0667 e. The molecule has 0 aromatic heterocycles. The van der Waals surface area contributed by atoms with E-state index >= 15 is 0 Å². The van der Waals surface area contributed by atoms with Crippen LogP contribution in [0, 0.1) is 0 Å². The molecule has 2 nitrogen and oxygen atoms in total. The summed E-state index contributed by atoms with van der Waals surface area (Å²) in [7, 11) is 0. The van der Waals surface area contributed by atoms with Crippen molar-refractivity contribution in [3.05, 3.63) is 111 Å². The molecule has 0 amide bonds. The summed E-state index contributed by atoms with van der Waals surface area (Å²) in [6.07, 6.45) is 5.76. The van der Waals surface area contributed by atoms with Gasteiger partial charge in [0.2, 0.25) is 0 Å². The third-order valence-corrected chi connectivity index (χ3v) is 8.28. The Bertz CT molecular complexity index is 1350. The first-order valence-corrected chi connectivity index (χ1v) is 14.5. The summed E-state index contributed by atoms with van der Waals surface area (Å²) >= 11 is 0. The molecule has 0 saturated carbocycles. The number of nitrogens with one attached hydrogen (secondary N) is 2. The molecule has 198 valence electrons. The highest BCUT2D eigenvalue weighted by atomic mass is 15.0. The van der Waals surface area contributed by atoms with Gasteiger partial charge in [0.25, 0.3) is 0 Å². The largest absolute Gasteiger partial charge is 0.356 e. The van der Waals surface area contributed by atoms with Gasteiger partial charge in [-0.15, -0.1) is 0 Å². The van der Waals surface area contributed by atoms with E-state index in [1.807, 2.05) is 0 Å². The van der Waals surface area contributed by atoms with Gasteiger partial charge < -0.3 is 10.6 Å². The zero-order chi connectivity index (χ0) is 27.1. The monoisotopic (exact) mass is 504 g/mol. The Kier molecular flexibility index (Phi) is 7.27. The van der Waals surface area contributed by atoms with Crippen LogP contribution in [0.25, 0.3) is 5.70 Å². The summed E-state index contributed by atoms with van der Waals surface area (Å²) < 4.78 is 0. The second-order valence-corrected chi connectivity index (χ2v) is 12.3. The van der Waals surface area contributed by atoms with Crippen molar-refractivity contribution in [1.29, 1.82) is 0 Å². The van der Waals surface area contributed by atoms with Crippen LogP contribution in [0.1, 0.15) is 124 Å². The lowest BCUT2D eigenvalue weighted by atomic mass is 9.87. The van der Waals surface area contributed by atoms with Crippen LogP contribution in [0.15, 0.2) is 72.4 Å². The molecule has 0 radical (unpaired) electrons. The third kappa shape index (κ3) is 4.59. The molecule has 2 aliphatic carbocycles. The summed E-state index contributed by atoms with van der Waals surface area (Å²) in [5.41, 5.74) is 14.8. The normalized spacial score (nSPS) is 16.3. The minimum absolute atomic E-state index is 0.228. The minimum Gasteiger partial charge on any atom is -0.356 e. The highest BCUT2D eigenvalue weighted by Gasteiger charge is 2.35. The molecule has 2 heteroatoms. The Labute approximate surface area is 230 Å². The van der Waals surface area contributed by atoms with Gasteiger partial charge in [-0.1, -0.05) is 122 Å². The van der Waals surface area contributed by atoms with Gasteiger partial charge in [-0.2, -0.15) is 0 Å². The number of rotatable bonds is 8. The van der Waals surface area contributed by atoms with E-state index in [0.29, 0.717) is 23.7 Å². The number of benzene rings is 3. The zero-order valence-electron chi connectivity index (χ0n) is 24.4. The van der Waals surface area contributed by atoms with E-state index in [9.17, 15) is 0 Å². The number of hydrogen-bond donors (Lipinski definition) is 2. The molecule has 0 saturated heterocycles. The van der Waals surface area contributed by atoms with Crippen molar-refractivity contribution < 1.29 is 0 Å². The van der Waals surface area contributed by atoms with Crippen molar-refractivity contribution in [3.8, 4) is 0 Å².